The summed E-state index contributed by atoms with van der Waals surface area (Å²) in [7, 11) is 0. The van der Waals surface area contributed by atoms with Crippen LogP contribution in [-0.2, 0) is 0 Å². The molecule has 0 radical (unpaired) electrons. The van der Waals surface area contributed by atoms with Crippen molar-refractivity contribution < 1.29 is 14.7 Å². The Labute approximate surface area is 166 Å². The molecule has 0 saturated heterocycles. The van der Waals surface area contributed by atoms with Gasteiger partial charge in [0.15, 0.2) is 5.69 Å². The molecule has 2 aromatic heterocycles. The standard InChI is InChI=1S/C16H22N4O3S2.ClH/c1-7(2)11(17)14-18-9(5-24-14)13(21)20-12(8(3)4)15-19-10(6-25-15)16(22)23;/h5-8,11-12H,17H2,1-4H3,(H,20,21)(H,22,23);1H/t11-,12-;/m0./s1. The summed E-state index contributed by atoms with van der Waals surface area (Å²) in [6.07, 6.45) is 0. The maximum Gasteiger partial charge on any atom is 0.355 e. The van der Waals surface area contributed by atoms with Crippen molar-refractivity contribution in [2.45, 2.75) is 39.8 Å². The predicted molar refractivity (Wildman–Crippen MR) is 105 cm³/mol. The van der Waals surface area contributed by atoms with Gasteiger partial charge >= 0.3 is 5.97 Å². The van der Waals surface area contributed by atoms with Crippen LogP contribution in [0.1, 0.15) is 70.8 Å². The summed E-state index contributed by atoms with van der Waals surface area (Å²) in [5.41, 5.74) is 6.38. The van der Waals surface area contributed by atoms with E-state index in [1.54, 1.807) is 5.38 Å². The summed E-state index contributed by atoms with van der Waals surface area (Å²) in [4.78, 5) is 32.0. The van der Waals surface area contributed by atoms with Crippen molar-refractivity contribution in [3.63, 3.8) is 0 Å². The molecule has 0 unspecified atom stereocenters. The highest BCUT2D eigenvalue weighted by molar-refractivity contribution is 7.10. The van der Waals surface area contributed by atoms with E-state index in [4.69, 9.17) is 10.8 Å². The molecule has 2 aromatic rings. The topological polar surface area (TPSA) is 118 Å². The highest BCUT2D eigenvalue weighted by Gasteiger charge is 2.25. The Bertz CT molecular complexity index is 760. The van der Waals surface area contributed by atoms with Crippen molar-refractivity contribution in [1.82, 2.24) is 15.3 Å². The van der Waals surface area contributed by atoms with Gasteiger partial charge in [-0.05, 0) is 11.8 Å². The molecular weight excluding hydrogens is 396 g/mol. The Morgan fingerprint density at radius 1 is 1.04 bits per heavy atom. The van der Waals surface area contributed by atoms with Crippen molar-refractivity contribution in [1.29, 1.82) is 0 Å². The summed E-state index contributed by atoms with van der Waals surface area (Å²) in [5, 5.41) is 16.4. The smallest absolute Gasteiger partial charge is 0.355 e. The van der Waals surface area contributed by atoms with Gasteiger partial charge in [0.25, 0.3) is 5.91 Å². The number of hydrogen-bond donors (Lipinski definition) is 3. The fraction of sp³-hybridized carbons (Fsp3) is 0.500. The summed E-state index contributed by atoms with van der Waals surface area (Å²) in [6.45, 7) is 7.88. The van der Waals surface area contributed by atoms with Crippen LogP contribution < -0.4 is 11.1 Å². The minimum absolute atomic E-state index is 0. The number of aromatic carboxylic acids is 1. The van der Waals surface area contributed by atoms with Gasteiger partial charge in [-0.3, -0.25) is 4.79 Å². The van der Waals surface area contributed by atoms with E-state index in [-0.39, 0.29) is 47.9 Å². The lowest BCUT2D eigenvalue weighted by atomic mass is 10.0. The molecule has 144 valence electrons. The van der Waals surface area contributed by atoms with Crippen molar-refractivity contribution >= 4 is 47.0 Å². The van der Waals surface area contributed by atoms with Gasteiger partial charge in [-0.2, -0.15) is 0 Å². The largest absolute Gasteiger partial charge is 0.476 e. The molecule has 0 aliphatic carbocycles. The Morgan fingerprint density at radius 3 is 2.08 bits per heavy atom. The third kappa shape index (κ3) is 5.23. The monoisotopic (exact) mass is 418 g/mol. The van der Waals surface area contributed by atoms with Gasteiger partial charge in [-0.1, -0.05) is 27.7 Å². The molecular formula is C16H23ClN4O3S2. The molecule has 0 bridgehead atoms. The maximum absolute atomic E-state index is 12.5. The highest BCUT2D eigenvalue weighted by Crippen LogP contribution is 2.27. The van der Waals surface area contributed by atoms with Crippen LogP contribution in [0, 0.1) is 11.8 Å². The van der Waals surface area contributed by atoms with Crippen molar-refractivity contribution in [3.05, 3.63) is 32.2 Å². The van der Waals surface area contributed by atoms with E-state index in [0.717, 1.165) is 5.01 Å². The molecule has 0 fully saturated rings. The number of aromatic nitrogens is 2. The van der Waals surface area contributed by atoms with E-state index in [1.807, 2.05) is 27.7 Å². The Hall–Kier alpha value is -1.55. The number of thiazole rings is 2. The molecule has 2 atom stereocenters. The maximum atomic E-state index is 12.5. The Kier molecular flexibility index (Phi) is 8.14. The molecule has 2 rings (SSSR count). The molecule has 0 aromatic carbocycles. The number of nitrogens with one attached hydrogen (secondary N) is 1. The number of carbonyl (C=O) groups is 2. The lowest BCUT2D eigenvalue weighted by Crippen LogP contribution is -2.32. The van der Waals surface area contributed by atoms with Crippen molar-refractivity contribution in [2.24, 2.45) is 17.6 Å². The molecule has 26 heavy (non-hydrogen) atoms. The van der Waals surface area contributed by atoms with Crippen LogP contribution in [0.5, 0.6) is 0 Å². The van der Waals surface area contributed by atoms with E-state index in [1.165, 1.54) is 28.1 Å². The molecule has 0 saturated carbocycles. The minimum Gasteiger partial charge on any atom is -0.476 e. The van der Waals surface area contributed by atoms with Crippen LogP contribution in [-0.4, -0.2) is 27.0 Å². The summed E-state index contributed by atoms with van der Waals surface area (Å²) in [5.74, 6) is -1.12. The second-order valence-electron chi connectivity index (χ2n) is 6.41. The number of carboxylic acids is 1. The zero-order chi connectivity index (χ0) is 18.7. The van der Waals surface area contributed by atoms with Crippen LogP contribution in [0.25, 0.3) is 0 Å². The molecule has 1 amide bonds. The third-order valence-electron chi connectivity index (χ3n) is 3.72. The van der Waals surface area contributed by atoms with E-state index >= 15 is 0 Å². The molecule has 4 N–H and O–H groups in total. The van der Waals surface area contributed by atoms with Crippen LogP contribution in [0.4, 0.5) is 0 Å². The number of nitrogens with zero attached hydrogens (tertiary/aromatic N) is 2. The van der Waals surface area contributed by atoms with E-state index in [2.05, 4.69) is 15.3 Å². The highest BCUT2D eigenvalue weighted by atomic mass is 35.5. The quantitative estimate of drug-likeness (QED) is 0.633. The summed E-state index contributed by atoms with van der Waals surface area (Å²) >= 11 is 2.59. The van der Waals surface area contributed by atoms with Gasteiger partial charge in [0.05, 0.1) is 12.1 Å². The van der Waals surface area contributed by atoms with Gasteiger partial charge in [0.1, 0.15) is 15.7 Å². The molecule has 7 nitrogen and oxygen atoms in total. The van der Waals surface area contributed by atoms with E-state index < -0.39 is 5.97 Å². The van der Waals surface area contributed by atoms with Gasteiger partial charge in [0.2, 0.25) is 0 Å². The lowest BCUT2D eigenvalue weighted by Gasteiger charge is -2.19. The normalized spacial score (nSPS) is 13.3. The number of hydrogen-bond acceptors (Lipinski definition) is 7. The molecule has 0 aliphatic heterocycles. The van der Waals surface area contributed by atoms with Crippen LogP contribution >= 0.6 is 35.1 Å². The molecule has 2 heterocycles. The second kappa shape index (κ2) is 9.40. The number of nitrogens with two attached hydrogens (primary N) is 1. The first-order valence-electron chi connectivity index (χ1n) is 7.91. The number of carboxylic acid groups (broad SMARTS) is 1. The second-order valence-corrected chi connectivity index (χ2v) is 8.19. The number of rotatable bonds is 7. The average Bonchev–Trinajstić information content (AvgIpc) is 3.20. The van der Waals surface area contributed by atoms with Gasteiger partial charge in [0, 0.05) is 10.8 Å². The van der Waals surface area contributed by atoms with E-state index in [9.17, 15) is 9.59 Å². The summed E-state index contributed by atoms with van der Waals surface area (Å²) < 4.78 is 0. The minimum atomic E-state index is -1.08. The fourth-order valence-electron chi connectivity index (χ4n) is 2.09. The zero-order valence-electron chi connectivity index (χ0n) is 14.9. The molecule has 0 aliphatic rings. The van der Waals surface area contributed by atoms with Gasteiger partial charge in [-0.25, -0.2) is 14.8 Å². The fourth-order valence-corrected chi connectivity index (χ4v) is 4.07. The van der Waals surface area contributed by atoms with Crippen LogP contribution in [0.2, 0.25) is 0 Å². The zero-order valence-corrected chi connectivity index (χ0v) is 17.4. The third-order valence-corrected chi connectivity index (χ3v) is 5.59. The number of halogens is 1. The number of amides is 1. The first-order chi connectivity index (χ1) is 11.7. The SMILES string of the molecule is CC(C)[C@H](N)c1nc(C(=O)N[C@H](c2nc(C(=O)O)cs2)C(C)C)cs1.Cl. The first-order valence-corrected chi connectivity index (χ1v) is 9.67. The van der Waals surface area contributed by atoms with Crippen molar-refractivity contribution in [2.75, 3.05) is 0 Å². The van der Waals surface area contributed by atoms with Crippen LogP contribution in [0.3, 0.4) is 0 Å². The number of carbonyl (C=O) groups excluding carboxylic acids is 1. The average molecular weight is 419 g/mol. The van der Waals surface area contributed by atoms with Crippen molar-refractivity contribution in [3.8, 4) is 0 Å². The van der Waals surface area contributed by atoms with Gasteiger partial charge < -0.3 is 16.2 Å². The van der Waals surface area contributed by atoms with Crippen LogP contribution in [0.15, 0.2) is 10.8 Å². The lowest BCUT2D eigenvalue weighted by molar-refractivity contribution is 0.0691. The van der Waals surface area contributed by atoms with E-state index in [0.29, 0.717) is 10.7 Å². The Balaban J connectivity index is 0.00000338. The summed E-state index contributed by atoms with van der Waals surface area (Å²) in [6, 6.07) is -0.584. The first kappa shape index (κ1) is 22.5. The molecule has 10 heteroatoms. The van der Waals surface area contributed by atoms with Gasteiger partial charge in [-0.15, -0.1) is 35.1 Å². The molecule has 0 spiro atoms. The predicted octanol–water partition coefficient (Wildman–Crippen LogP) is 3.50. The Morgan fingerprint density at radius 2 is 1.58 bits per heavy atom.